The van der Waals surface area contributed by atoms with Crippen LogP contribution in [-0.4, -0.2) is 40.2 Å². The number of carboxylic acids is 1. The van der Waals surface area contributed by atoms with Gasteiger partial charge < -0.3 is 10.2 Å². The summed E-state index contributed by atoms with van der Waals surface area (Å²) in [6.45, 7) is 5.01. The number of rotatable bonds is 7. The number of aliphatic hydroxyl groups is 1. The van der Waals surface area contributed by atoms with Crippen molar-refractivity contribution >= 4 is 5.97 Å². The van der Waals surface area contributed by atoms with Crippen molar-refractivity contribution in [1.82, 2.24) is 4.90 Å². The number of hydrogen-bond acceptors (Lipinski definition) is 3. The highest BCUT2D eigenvalue weighted by Gasteiger charge is 2.19. The van der Waals surface area contributed by atoms with Gasteiger partial charge in [0.1, 0.15) is 0 Å². The highest BCUT2D eigenvalue weighted by molar-refractivity contribution is 5.67. The molecular formula is C14H21NO3. The lowest BCUT2D eigenvalue weighted by Gasteiger charge is -2.29. The summed E-state index contributed by atoms with van der Waals surface area (Å²) in [6.07, 6.45) is -0.489. The van der Waals surface area contributed by atoms with Crippen LogP contribution in [0.25, 0.3) is 0 Å². The molecule has 1 rings (SSSR count). The molecule has 2 unspecified atom stereocenters. The molecule has 100 valence electrons. The van der Waals surface area contributed by atoms with Crippen LogP contribution in [0.5, 0.6) is 0 Å². The monoisotopic (exact) mass is 251 g/mol. The molecule has 2 atom stereocenters. The first-order chi connectivity index (χ1) is 8.54. The van der Waals surface area contributed by atoms with Gasteiger partial charge in [-0.05, 0) is 19.0 Å². The van der Waals surface area contributed by atoms with E-state index in [9.17, 15) is 9.90 Å². The van der Waals surface area contributed by atoms with Crippen molar-refractivity contribution < 1.29 is 15.0 Å². The van der Waals surface area contributed by atoms with Crippen LogP contribution in [0.2, 0.25) is 0 Å². The second kappa shape index (κ2) is 7.13. The molecule has 1 aromatic carbocycles. The maximum atomic E-state index is 10.7. The molecule has 0 fully saturated rings. The average molecular weight is 251 g/mol. The van der Waals surface area contributed by atoms with E-state index in [4.69, 9.17) is 5.11 Å². The van der Waals surface area contributed by atoms with Gasteiger partial charge in [-0.2, -0.15) is 0 Å². The normalized spacial score (nSPS) is 14.4. The first kappa shape index (κ1) is 14.7. The van der Waals surface area contributed by atoms with Crippen LogP contribution in [0.1, 0.15) is 31.9 Å². The number of likely N-dealkylation sites (N-methyl/N-ethyl adjacent to an activating group) is 1. The molecule has 0 spiro atoms. The Morgan fingerprint density at radius 3 is 2.44 bits per heavy atom. The van der Waals surface area contributed by atoms with Crippen molar-refractivity contribution in [2.75, 3.05) is 13.1 Å². The molecule has 0 aliphatic heterocycles. The van der Waals surface area contributed by atoms with Gasteiger partial charge in [0.15, 0.2) is 0 Å². The maximum absolute atomic E-state index is 10.7. The van der Waals surface area contributed by atoms with E-state index in [2.05, 4.69) is 0 Å². The molecule has 0 radical (unpaired) electrons. The van der Waals surface area contributed by atoms with Gasteiger partial charge in [-0.1, -0.05) is 37.3 Å². The molecular weight excluding hydrogens is 230 g/mol. The first-order valence-corrected chi connectivity index (χ1v) is 6.23. The zero-order chi connectivity index (χ0) is 13.5. The van der Waals surface area contributed by atoms with E-state index in [0.29, 0.717) is 6.54 Å². The third-order valence-electron chi connectivity index (χ3n) is 3.09. The second-order valence-electron chi connectivity index (χ2n) is 4.46. The minimum atomic E-state index is -0.810. The van der Waals surface area contributed by atoms with Crippen molar-refractivity contribution in [3.8, 4) is 0 Å². The molecule has 0 aromatic heterocycles. The van der Waals surface area contributed by atoms with Crippen molar-refractivity contribution in [3.05, 3.63) is 35.9 Å². The summed E-state index contributed by atoms with van der Waals surface area (Å²) in [6, 6.07) is 9.35. The number of hydrogen-bond donors (Lipinski definition) is 2. The predicted octanol–water partition coefficient (Wildman–Crippen LogP) is 1.91. The fourth-order valence-electron chi connectivity index (χ4n) is 2.01. The van der Waals surface area contributed by atoms with E-state index >= 15 is 0 Å². The molecule has 2 N–H and O–H groups in total. The molecule has 18 heavy (non-hydrogen) atoms. The number of carboxylic acid groups (broad SMARTS) is 1. The van der Waals surface area contributed by atoms with Crippen LogP contribution >= 0.6 is 0 Å². The van der Waals surface area contributed by atoms with Crippen LogP contribution in [0.4, 0.5) is 0 Å². The maximum Gasteiger partial charge on any atom is 0.304 e. The molecule has 0 bridgehead atoms. The number of carbonyl (C=O) groups is 1. The van der Waals surface area contributed by atoms with Crippen molar-refractivity contribution in [2.45, 2.75) is 32.4 Å². The van der Waals surface area contributed by atoms with E-state index in [1.807, 2.05) is 49.1 Å². The molecule has 0 aliphatic rings. The Morgan fingerprint density at radius 1 is 1.33 bits per heavy atom. The van der Waals surface area contributed by atoms with Gasteiger partial charge in [0.2, 0.25) is 0 Å². The standard InChI is InChI=1S/C14H21NO3/c1-3-15(11(2)9-14(17)18)10-13(16)12-7-5-4-6-8-12/h4-8,11,13,16H,3,9-10H2,1-2H3,(H,17,18). The lowest BCUT2D eigenvalue weighted by Crippen LogP contribution is -2.37. The molecule has 0 saturated heterocycles. The molecule has 1 aromatic rings. The Kier molecular flexibility index (Phi) is 5.82. The lowest BCUT2D eigenvalue weighted by atomic mass is 10.1. The Labute approximate surface area is 108 Å². The minimum Gasteiger partial charge on any atom is -0.481 e. The van der Waals surface area contributed by atoms with Gasteiger partial charge in [0, 0.05) is 12.6 Å². The summed E-state index contributed by atoms with van der Waals surface area (Å²) < 4.78 is 0. The van der Waals surface area contributed by atoms with E-state index < -0.39 is 12.1 Å². The van der Waals surface area contributed by atoms with E-state index in [0.717, 1.165) is 12.1 Å². The Morgan fingerprint density at radius 2 is 1.94 bits per heavy atom. The van der Waals surface area contributed by atoms with Crippen LogP contribution in [0, 0.1) is 0 Å². The minimum absolute atomic E-state index is 0.0779. The van der Waals surface area contributed by atoms with E-state index in [-0.39, 0.29) is 12.5 Å². The van der Waals surface area contributed by atoms with Crippen LogP contribution in [0.15, 0.2) is 30.3 Å². The number of aliphatic hydroxyl groups excluding tert-OH is 1. The number of benzene rings is 1. The highest BCUT2D eigenvalue weighted by Crippen LogP contribution is 2.16. The van der Waals surface area contributed by atoms with Gasteiger partial charge in [-0.3, -0.25) is 9.69 Å². The summed E-state index contributed by atoms with van der Waals surface area (Å²) in [7, 11) is 0. The fourth-order valence-corrected chi connectivity index (χ4v) is 2.01. The van der Waals surface area contributed by atoms with Crippen molar-refractivity contribution in [2.24, 2.45) is 0 Å². The van der Waals surface area contributed by atoms with Crippen molar-refractivity contribution in [1.29, 1.82) is 0 Å². The first-order valence-electron chi connectivity index (χ1n) is 6.23. The van der Waals surface area contributed by atoms with Crippen LogP contribution in [-0.2, 0) is 4.79 Å². The zero-order valence-corrected chi connectivity index (χ0v) is 10.9. The molecule has 4 nitrogen and oxygen atoms in total. The Bertz CT molecular complexity index is 367. The molecule has 0 amide bonds. The van der Waals surface area contributed by atoms with Crippen LogP contribution < -0.4 is 0 Å². The quantitative estimate of drug-likeness (QED) is 0.777. The summed E-state index contributed by atoms with van der Waals surface area (Å²) in [5.41, 5.74) is 0.860. The third kappa shape index (κ3) is 4.47. The van der Waals surface area contributed by atoms with E-state index in [1.165, 1.54) is 0 Å². The van der Waals surface area contributed by atoms with Crippen LogP contribution in [0.3, 0.4) is 0 Å². The highest BCUT2D eigenvalue weighted by atomic mass is 16.4. The summed E-state index contributed by atoms with van der Waals surface area (Å²) in [5.74, 6) is -0.810. The zero-order valence-electron chi connectivity index (χ0n) is 10.9. The Hall–Kier alpha value is -1.39. The smallest absolute Gasteiger partial charge is 0.304 e. The van der Waals surface area contributed by atoms with Gasteiger partial charge in [0.25, 0.3) is 0 Å². The third-order valence-corrected chi connectivity index (χ3v) is 3.09. The molecule has 4 heteroatoms. The molecule has 0 aliphatic carbocycles. The summed E-state index contributed by atoms with van der Waals surface area (Å²) in [5, 5.41) is 18.9. The molecule has 0 saturated carbocycles. The SMILES string of the molecule is CCN(CC(O)c1ccccc1)C(C)CC(=O)O. The van der Waals surface area contributed by atoms with E-state index in [1.54, 1.807) is 0 Å². The van der Waals surface area contributed by atoms with Gasteiger partial charge in [-0.25, -0.2) is 0 Å². The number of nitrogens with zero attached hydrogens (tertiary/aromatic N) is 1. The summed E-state index contributed by atoms with van der Waals surface area (Å²) in [4.78, 5) is 12.7. The Balaban J connectivity index is 2.60. The van der Waals surface area contributed by atoms with Gasteiger partial charge >= 0.3 is 5.97 Å². The summed E-state index contributed by atoms with van der Waals surface area (Å²) >= 11 is 0. The molecule has 0 heterocycles. The predicted molar refractivity (Wildman–Crippen MR) is 70.4 cm³/mol. The topological polar surface area (TPSA) is 60.8 Å². The lowest BCUT2D eigenvalue weighted by molar-refractivity contribution is -0.138. The fraction of sp³-hybridized carbons (Fsp3) is 0.500. The van der Waals surface area contributed by atoms with Gasteiger partial charge in [-0.15, -0.1) is 0 Å². The van der Waals surface area contributed by atoms with Gasteiger partial charge in [0.05, 0.1) is 12.5 Å². The average Bonchev–Trinajstić information content (AvgIpc) is 2.35. The largest absolute Gasteiger partial charge is 0.481 e. The van der Waals surface area contributed by atoms with Crippen molar-refractivity contribution in [3.63, 3.8) is 0 Å². The second-order valence-corrected chi connectivity index (χ2v) is 4.46. The number of aliphatic carboxylic acids is 1.